The molecule has 0 saturated heterocycles. The zero-order valence-corrected chi connectivity index (χ0v) is 13.0. The molecule has 0 aliphatic heterocycles. The maximum Gasteiger partial charge on any atom is 0.228 e. The smallest absolute Gasteiger partial charge is 0.228 e. The van der Waals surface area contributed by atoms with E-state index < -0.39 is 0 Å². The van der Waals surface area contributed by atoms with Crippen molar-refractivity contribution in [3.8, 4) is 0 Å². The molecule has 3 aromatic heterocycles. The topological polar surface area (TPSA) is 68.0 Å². The van der Waals surface area contributed by atoms with E-state index in [0.29, 0.717) is 17.6 Å². The van der Waals surface area contributed by atoms with Crippen molar-refractivity contribution in [1.29, 1.82) is 0 Å². The lowest BCUT2D eigenvalue weighted by molar-refractivity contribution is 0.830. The van der Waals surface area contributed by atoms with Gasteiger partial charge in [-0.2, -0.15) is 14.6 Å². The van der Waals surface area contributed by atoms with Gasteiger partial charge in [-0.15, -0.1) is 0 Å². The van der Waals surface area contributed by atoms with Crippen molar-refractivity contribution in [2.24, 2.45) is 0 Å². The Hall–Kier alpha value is -1.67. The summed E-state index contributed by atoms with van der Waals surface area (Å²) in [5.41, 5.74) is 1.88. The maximum absolute atomic E-state index is 4.45. The standard InChI is InChI=1S/C12H11BrN6S/c1-20-12-17-10-9(13)7-16-19(10)11(18-12)15-6-8-2-4-14-5-3-8/h2-5,7H,6H2,1H3,(H,15,17,18). The Labute approximate surface area is 128 Å². The lowest BCUT2D eigenvalue weighted by Crippen LogP contribution is -2.09. The summed E-state index contributed by atoms with van der Waals surface area (Å²) in [5.74, 6) is 0.668. The summed E-state index contributed by atoms with van der Waals surface area (Å²) >= 11 is 4.94. The minimum Gasteiger partial charge on any atom is -0.350 e. The fraction of sp³-hybridized carbons (Fsp3) is 0.167. The van der Waals surface area contributed by atoms with Gasteiger partial charge in [0, 0.05) is 18.9 Å². The largest absolute Gasteiger partial charge is 0.350 e. The lowest BCUT2D eigenvalue weighted by Gasteiger charge is -2.08. The lowest BCUT2D eigenvalue weighted by atomic mass is 10.3. The molecule has 3 aromatic rings. The van der Waals surface area contributed by atoms with Crippen molar-refractivity contribution < 1.29 is 0 Å². The molecule has 8 heteroatoms. The van der Waals surface area contributed by atoms with Gasteiger partial charge in [-0.05, 0) is 39.9 Å². The van der Waals surface area contributed by atoms with Crippen molar-refractivity contribution >= 4 is 39.3 Å². The number of rotatable bonds is 4. The number of nitrogens with zero attached hydrogens (tertiary/aromatic N) is 5. The van der Waals surface area contributed by atoms with Gasteiger partial charge in [0.15, 0.2) is 10.8 Å². The summed E-state index contributed by atoms with van der Waals surface area (Å²) in [6, 6.07) is 3.92. The fourth-order valence-corrected chi connectivity index (χ4v) is 2.42. The molecule has 1 N–H and O–H groups in total. The fourth-order valence-electron chi connectivity index (χ4n) is 1.72. The predicted octanol–water partition coefficient (Wildman–Crippen LogP) is 2.62. The molecule has 6 nitrogen and oxygen atoms in total. The van der Waals surface area contributed by atoms with E-state index >= 15 is 0 Å². The zero-order chi connectivity index (χ0) is 13.9. The maximum atomic E-state index is 4.45. The third-order valence-corrected chi connectivity index (χ3v) is 3.79. The molecule has 0 unspecified atom stereocenters. The monoisotopic (exact) mass is 350 g/mol. The molecule has 0 saturated carbocycles. The molecule has 0 aliphatic carbocycles. The highest BCUT2D eigenvalue weighted by Gasteiger charge is 2.11. The Morgan fingerprint density at radius 1 is 1.30 bits per heavy atom. The SMILES string of the molecule is CSc1nc(NCc2ccncc2)n2ncc(Br)c2n1. The van der Waals surface area contributed by atoms with E-state index in [-0.39, 0.29) is 0 Å². The summed E-state index contributed by atoms with van der Waals surface area (Å²) in [7, 11) is 0. The summed E-state index contributed by atoms with van der Waals surface area (Å²) < 4.78 is 2.53. The van der Waals surface area contributed by atoms with Crippen LogP contribution in [0.25, 0.3) is 5.65 Å². The molecule has 0 fully saturated rings. The molecule has 0 aromatic carbocycles. The average molecular weight is 351 g/mol. The van der Waals surface area contributed by atoms with E-state index in [1.165, 1.54) is 11.8 Å². The molecule has 0 amide bonds. The van der Waals surface area contributed by atoms with Crippen LogP contribution in [0.5, 0.6) is 0 Å². The first-order valence-electron chi connectivity index (χ1n) is 5.86. The Bertz CT molecular complexity index is 729. The minimum absolute atomic E-state index is 0.653. The molecule has 3 heterocycles. The van der Waals surface area contributed by atoms with Crippen molar-refractivity contribution in [3.63, 3.8) is 0 Å². The van der Waals surface area contributed by atoms with Gasteiger partial charge in [0.1, 0.15) is 0 Å². The highest BCUT2D eigenvalue weighted by atomic mass is 79.9. The molecule has 3 rings (SSSR count). The van der Waals surface area contributed by atoms with E-state index in [0.717, 1.165) is 15.7 Å². The van der Waals surface area contributed by atoms with Crippen LogP contribution in [0.15, 0.2) is 40.4 Å². The second-order valence-electron chi connectivity index (χ2n) is 3.97. The number of nitrogens with one attached hydrogen (secondary N) is 1. The summed E-state index contributed by atoms with van der Waals surface area (Å²) in [4.78, 5) is 12.9. The first-order chi connectivity index (χ1) is 9.78. The second-order valence-corrected chi connectivity index (χ2v) is 5.60. The number of anilines is 1. The molecule has 20 heavy (non-hydrogen) atoms. The number of pyridine rings is 1. The molecular formula is C12H11BrN6S. The average Bonchev–Trinajstić information content (AvgIpc) is 2.87. The van der Waals surface area contributed by atoms with Crippen molar-refractivity contribution in [1.82, 2.24) is 24.6 Å². The quantitative estimate of drug-likeness (QED) is 0.729. The van der Waals surface area contributed by atoms with Gasteiger partial charge in [0.25, 0.3) is 0 Å². The van der Waals surface area contributed by atoms with E-state index in [4.69, 9.17) is 0 Å². The Morgan fingerprint density at radius 3 is 2.85 bits per heavy atom. The van der Waals surface area contributed by atoms with Gasteiger partial charge in [-0.3, -0.25) is 4.98 Å². The van der Waals surface area contributed by atoms with Gasteiger partial charge >= 0.3 is 0 Å². The first-order valence-corrected chi connectivity index (χ1v) is 7.88. The normalized spacial score (nSPS) is 10.9. The number of thioether (sulfide) groups is 1. The van der Waals surface area contributed by atoms with E-state index in [1.54, 1.807) is 23.1 Å². The molecule has 0 spiro atoms. The summed E-state index contributed by atoms with van der Waals surface area (Å²) in [6.45, 7) is 0.653. The number of aromatic nitrogens is 5. The van der Waals surface area contributed by atoms with Crippen LogP contribution < -0.4 is 5.32 Å². The predicted molar refractivity (Wildman–Crippen MR) is 81.8 cm³/mol. The molecular weight excluding hydrogens is 340 g/mol. The highest BCUT2D eigenvalue weighted by Crippen LogP contribution is 2.21. The first kappa shape index (κ1) is 13.3. The van der Waals surface area contributed by atoms with Crippen LogP contribution in [-0.4, -0.2) is 30.8 Å². The zero-order valence-electron chi connectivity index (χ0n) is 10.6. The van der Waals surface area contributed by atoms with Crippen LogP contribution in [0.2, 0.25) is 0 Å². The van der Waals surface area contributed by atoms with E-state index in [9.17, 15) is 0 Å². The number of fused-ring (bicyclic) bond motifs is 1. The van der Waals surface area contributed by atoms with Crippen LogP contribution in [0.4, 0.5) is 5.95 Å². The highest BCUT2D eigenvalue weighted by molar-refractivity contribution is 9.10. The second kappa shape index (κ2) is 5.76. The third kappa shape index (κ3) is 2.61. The van der Waals surface area contributed by atoms with Crippen LogP contribution in [0, 0.1) is 0 Å². The van der Waals surface area contributed by atoms with Crippen LogP contribution in [-0.2, 0) is 6.54 Å². The third-order valence-electron chi connectivity index (χ3n) is 2.69. The van der Waals surface area contributed by atoms with Crippen LogP contribution >= 0.6 is 27.7 Å². The van der Waals surface area contributed by atoms with Crippen molar-refractivity contribution in [3.05, 3.63) is 40.8 Å². The van der Waals surface area contributed by atoms with E-state index in [2.05, 4.69) is 41.3 Å². The molecule has 0 bridgehead atoms. The number of halogens is 1. The van der Waals surface area contributed by atoms with Crippen molar-refractivity contribution in [2.45, 2.75) is 11.7 Å². The van der Waals surface area contributed by atoms with Gasteiger partial charge in [-0.25, -0.2) is 4.98 Å². The molecule has 0 atom stereocenters. The Balaban J connectivity index is 1.94. The molecule has 0 radical (unpaired) electrons. The Kier molecular flexibility index (Phi) is 3.83. The van der Waals surface area contributed by atoms with Gasteiger partial charge in [0.2, 0.25) is 5.95 Å². The molecule has 102 valence electrons. The summed E-state index contributed by atoms with van der Waals surface area (Å²) in [5, 5.41) is 8.25. The van der Waals surface area contributed by atoms with Gasteiger partial charge in [0.05, 0.1) is 10.7 Å². The van der Waals surface area contributed by atoms with Gasteiger partial charge in [-0.1, -0.05) is 11.8 Å². The Morgan fingerprint density at radius 2 is 2.10 bits per heavy atom. The summed E-state index contributed by atoms with van der Waals surface area (Å²) in [6.07, 6.45) is 7.20. The van der Waals surface area contributed by atoms with Crippen LogP contribution in [0.1, 0.15) is 5.56 Å². The van der Waals surface area contributed by atoms with Gasteiger partial charge < -0.3 is 5.32 Å². The number of hydrogen-bond donors (Lipinski definition) is 1. The molecule has 0 aliphatic rings. The van der Waals surface area contributed by atoms with Crippen molar-refractivity contribution in [2.75, 3.05) is 11.6 Å². The minimum atomic E-state index is 0.653. The van der Waals surface area contributed by atoms with Crippen LogP contribution in [0.3, 0.4) is 0 Å². The number of hydrogen-bond acceptors (Lipinski definition) is 6. The van der Waals surface area contributed by atoms with E-state index in [1.807, 2.05) is 18.4 Å².